The second-order valence-corrected chi connectivity index (χ2v) is 8.22. The van der Waals surface area contributed by atoms with Gasteiger partial charge in [-0.1, -0.05) is 17.7 Å². The molecule has 7 nitrogen and oxygen atoms in total. The van der Waals surface area contributed by atoms with Gasteiger partial charge in [0.1, 0.15) is 5.75 Å². The van der Waals surface area contributed by atoms with Crippen molar-refractivity contribution in [2.75, 3.05) is 17.1 Å². The fourth-order valence-corrected chi connectivity index (χ4v) is 3.78. The second kappa shape index (κ2) is 7.51. The van der Waals surface area contributed by atoms with E-state index >= 15 is 0 Å². The molecule has 1 aromatic carbocycles. The number of pyridine rings is 1. The molecule has 138 valence electrons. The van der Waals surface area contributed by atoms with Crippen LogP contribution in [0.15, 0.2) is 42.6 Å². The van der Waals surface area contributed by atoms with Gasteiger partial charge in [0.25, 0.3) is 5.91 Å². The lowest BCUT2D eigenvalue weighted by atomic mass is 10.2. The molecule has 0 fully saturated rings. The number of sulfonamides is 1. The molecule has 9 heteroatoms. The van der Waals surface area contributed by atoms with Gasteiger partial charge in [-0.05, 0) is 30.3 Å². The summed E-state index contributed by atoms with van der Waals surface area (Å²) in [5.41, 5.74) is 1.06. The van der Waals surface area contributed by atoms with Crippen LogP contribution in [0.2, 0.25) is 5.02 Å². The normalized spacial score (nSPS) is 17.0. The number of halogens is 1. The van der Waals surface area contributed by atoms with Gasteiger partial charge in [0.2, 0.25) is 10.0 Å². The summed E-state index contributed by atoms with van der Waals surface area (Å²) >= 11 is 6.00. The van der Waals surface area contributed by atoms with Gasteiger partial charge >= 0.3 is 0 Å². The fourth-order valence-electron chi connectivity index (χ4n) is 2.68. The van der Waals surface area contributed by atoms with Crippen molar-refractivity contribution in [2.45, 2.75) is 19.1 Å². The van der Waals surface area contributed by atoms with Crippen LogP contribution in [0.3, 0.4) is 0 Å². The largest absolute Gasteiger partial charge is 0.478 e. The van der Waals surface area contributed by atoms with E-state index in [9.17, 15) is 13.2 Å². The maximum atomic E-state index is 12.5. The van der Waals surface area contributed by atoms with Crippen molar-refractivity contribution in [3.8, 4) is 5.75 Å². The van der Waals surface area contributed by atoms with E-state index in [2.05, 4.69) is 10.3 Å². The van der Waals surface area contributed by atoms with Crippen molar-refractivity contribution in [1.82, 2.24) is 10.3 Å². The summed E-state index contributed by atoms with van der Waals surface area (Å²) in [7, 11) is -3.53. The third kappa shape index (κ3) is 4.25. The van der Waals surface area contributed by atoms with E-state index in [4.69, 9.17) is 16.3 Å². The van der Waals surface area contributed by atoms with E-state index in [0.717, 1.165) is 11.9 Å². The van der Waals surface area contributed by atoms with Gasteiger partial charge in [-0.2, -0.15) is 0 Å². The standard InChI is InChI=1S/C17H18ClN3O4S/c1-26(23,24)21-9-7-16(25-15-6-5-12(18)10-14(15)21)17(22)20-11-13-4-2-3-8-19-13/h2-6,8,10,16H,7,9,11H2,1H3,(H,20,22). The highest BCUT2D eigenvalue weighted by Crippen LogP contribution is 2.36. The van der Waals surface area contributed by atoms with Gasteiger partial charge in [0, 0.05) is 24.2 Å². The number of anilines is 1. The summed E-state index contributed by atoms with van der Waals surface area (Å²) in [6.45, 7) is 0.386. The number of carbonyl (C=O) groups excluding carboxylic acids is 1. The highest BCUT2D eigenvalue weighted by molar-refractivity contribution is 7.92. The van der Waals surface area contributed by atoms with Crippen LogP contribution in [0.5, 0.6) is 5.75 Å². The quantitative estimate of drug-likeness (QED) is 0.854. The minimum Gasteiger partial charge on any atom is -0.478 e. The van der Waals surface area contributed by atoms with E-state index in [1.165, 1.54) is 10.4 Å². The Morgan fingerprint density at radius 2 is 2.19 bits per heavy atom. The van der Waals surface area contributed by atoms with E-state index in [1.54, 1.807) is 30.5 Å². The lowest BCUT2D eigenvalue weighted by molar-refractivity contribution is -0.128. The van der Waals surface area contributed by atoms with Crippen molar-refractivity contribution in [3.63, 3.8) is 0 Å². The molecule has 0 bridgehead atoms. The minimum absolute atomic E-state index is 0.119. The van der Waals surface area contributed by atoms with Crippen molar-refractivity contribution in [2.24, 2.45) is 0 Å². The molecule has 1 aromatic heterocycles. The molecule has 0 saturated carbocycles. The van der Waals surface area contributed by atoms with Crippen LogP contribution in [0.4, 0.5) is 5.69 Å². The Labute approximate surface area is 157 Å². The lowest BCUT2D eigenvalue weighted by Crippen LogP contribution is -2.39. The van der Waals surface area contributed by atoms with Crippen LogP contribution >= 0.6 is 11.6 Å². The highest BCUT2D eigenvalue weighted by atomic mass is 35.5. The molecule has 0 aliphatic carbocycles. The molecule has 1 amide bonds. The summed E-state index contributed by atoms with van der Waals surface area (Å²) in [5.74, 6) is -0.0257. The molecule has 0 saturated heterocycles. The average molecular weight is 396 g/mol. The van der Waals surface area contributed by atoms with Crippen LogP contribution in [-0.2, 0) is 21.4 Å². The molecule has 1 N–H and O–H groups in total. The van der Waals surface area contributed by atoms with Crippen LogP contribution in [0.1, 0.15) is 12.1 Å². The Balaban J connectivity index is 1.79. The Kier molecular flexibility index (Phi) is 5.33. The molecular weight excluding hydrogens is 378 g/mol. The number of aromatic nitrogens is 1. The molecule has 3 rings (SSSR count). The molecule has 1 aliphatic heterocycles. The van der Waals surface area contributed by atoms with Gasteiger partial charge in [-0.15, -0.1) is 0 Å². The summed E-state index contributed by atoms with van der Waals surface area (Å²) in [6, 6.07) is 10.1. The molecule has 0 spiro atoms. The van der Waals surface area contributed by atoms with Crippen LogP contribution in [0, 0.1) is 0 Å². The Morgan fingerprint density at radius 3 is 2.88 bits per heavy atom. The van der Waals surface area contributed by atoms with Crippen molar-refractivity contribution >= 4 is 33.2 Å². The SMILES string of the molecule is CS(=O)(=O)N1CCC(C(=O)NCc2ccccn2)Oc2ccc(Cl)cc21. The number of hydrogen-bond donors (Lipinski definition) is 1. The minimum atomic E-state index is -3.53. The Hall–Kier alpha value is -2.32. The summed E-state index contributed by atoms with van der Waals surface area (Å²) in [4.78, 5) is 16.6. The first-order valence-electron chi connectivity index (χ1n) is 7.96. The Bertz CT molecular complexity index is 905. The van der Waals surface area contributed by atoms with Gasteiger partial charge in [-0.25, -0.2) is 8.42 Å². The number of nitrogens with one attached hydrogen (secondary N) is 1. The smallest absolute Gasteiger partial charge is 0.261 e. The molecule has 1 aliphatic rings. The fraction of sp³-hybridized carbons (Fsp3) is 0.294. The van der Waals surface area contributed by atoms with Crippen molar-refractivity contribution in [1.29, 1.82) is 0 Å². The average Bonchev–Trinajstić information content (AvgIpc) is 2.79. The number of fused-ring (bicyclic) bond motifs is 1. The van der Waals surface area contributed by atoms with Crippen molar-refractivity contribution < 1.29 is 17.9 Å². The topological polar surface area (TPSA) is 88.6 Å². The molecule has 2 heterocycles. The van der Waals surface area contributed by atoms with Crippen LogP contribution in [0.25, 0.3) is 0 Å². The number of amides is 1. The number of hydrogen-bond acceptors (Lipinski definition) is 5. The zero-order chi connectivity index (χ0) is 18.7. The van der Waals surface area contributed by atoms with Gasteiger partial charge in [0.05, 0.1) is 24.2 Å². The molecule has 2 aromatic rings. The predicted molar refractivity (Wildman–Crippen MR) is 98.8 cm³/mol. The second-order valence-electron chi connectivity index (χ2n) is 5.88. The van der Waals surface area contributed by atoms with Gasteiger partial charge < -0.3 is 10.1 Å². The maximum Gasteiger partial charge on any atom is 0.261 e. The highest BCUT2D eigenvalue weighted by Gasteiger charge is 2.31. The zero-order valence-corrected chi connectivity index (χ0v) is 15.6. The number of nitrogens with zero attached hydrogens (tertiary/aromatic N) is 2. The number of carbonyl (C=O) groups is 1. The van der Waals surface area contributed by atoms with Gasteiger partial charge in [0.15, 0.2) is 6.10 Å². The molecule has 26 heavy (non-hydrogen) atoms. The van der Waals surface area contributed by atoms with E-state index in [0.29, 0.717) is 16.5 Å². The first-order valence-corrected chi connectivity index (χ1v) is 10.2. The summed E-state index contributed by atoms with van der Waals surface area (Å²) in [6.07, 6.45) is 2.16. The first-order chi connectivity index (χ1) is 12.3. The molecule has 1 atom stereocenters. The van der Waals surface area contributed by atoms with E-state index in [-0.39, 0.29) is 25.4 Å². The lowest BCUT2D eigenvalue weighted by Gasteiger charge is -2.21. The molecular formula is C17H18ClN3O4S. The van der Waals surface area contributed by atoms with Crippen LogP contribution in [-0.4, -0.2) is 38.2 Å². The monoisotopic (exact) mass is 395 g/mol. The van der Waals surface area contributed by atoms with E-state index < -0.39 is 16.1 Å². The van der Waals surface area contributed by atoms with Gasteiger partial charge in [-0.3, -0.25) is 14.1 Å². The van der Waals surface area contributed by atoms with E-state index in [1.807, 2.05) is 6.07 Å². The summed E-state index contributed by atoms with van der Waals surface area (Å²) in [5, 5.41) is 3.16. The number of rotatable bonds is 4. The molecule has 0 radical (unpaired) electrons. The molecule has 1 unspecified atom stereocenters. The summed E-state index contributed by atoms with van der Waals surface area (Å²) < 4.78 is 31.2. The number of benzene rings is 1. The third-order valence-corrected chi connectivity index (χ3v) is 5.33. The zero-order valence-electron chi connectivity index (χ0n) is 14.1. The Morgan fingerprint density at radius 1 is 1.38 bits per heavy atom. The van der Waals surface area contributed by atoms with Crippen LogP contribution < -0.4 is 14.4 Å². The predicted octanol–water partition coefficient (Wildman–Crippen LogP) is 1.97. The van der Waals surface area contributed by atoms with Crippen molar-refractivity contribution in [3.05, 3.63) is 53.3 Å². The first kappa shape index (κ1) is 18.5. The third-order valence-electron chi connectivity index (χ3n) is 3.92. The maximum absolute atomic E-state index is 12.5. The number of ether oxygens (including phenoxy) is 1.